The van der Waals surface area contributed by atoms with Crippen LogP contribution in [0.15, 0.2) is 29.9 Å². The molecule has 3 heterocycles. The highest BCUT2D eigenvalue weighted by Crippen LogP contribution is 2.24. The number of imidazole rings is 1. The van der Waals surface area contributed by atoms with Crippen molar-refractivity contribution in [2.45, 2.75) is 37.4 Å². The lowest BCUT2D eigenvalue weighted by Gasteiger charge is -2.15. The molecule has 0 amide bonds. The van der Waals surface area contributed by atoms with Crippen LogP contribution < -0.4 is 4.74 Å². The molecule has 0 unspecified atom stereocenters. The number of nitriles is 1. The molecule has 0 N–H and O–H groups in total. The van der Waals surface area contributed by atoms with E-state index in [1.165, 1.54) is 29.2 Å². The minimum atomic E-state index is -3.67. The molecule has 0 spiro atoms. The summed E-state index contributed by atoms with van der Waals surface area (Å²) in [4.78, 5) is 11.9. The van der Waals surface area contributed by atoms with Gasteiger partial charge in [0.1, 0.15) is 12.2 Å². The van der Waals surface area contributed by atoms with Crippen LogP contribution in [-0.2, 0) is 10.0 Å². The summed E-state index contributed by atoms with van der Waals surface area (Å²) in [5, 5.41) is 9.05. The Morgan fingerprint density at radius 2 is 2.08 bits per heavy atom. The maximum Gasteiger partial charge on any atom is 0.262 e. The fourth-order valence-electron chi connectivity index (χ4n) is 2.52. The molecule has 1 atom stereocenters. The first-order chi connectivity index (χ1) is 11.9. The Balaban J connectivity index is 1.72. The van der Waals surface area contributed by atoms with Gasteiger partial charge >= 0.3 is 0 Å². The number of nitrogens with zero attached hydrogens (tertiary/aromatic N) is 6. The Bertz CT molecular complexity index is 902. The van der Waals surface area contributed by atoms with E-state index in [-0.39, 0.29) is 35.3 Å². The van der Waals surface area contributed by atoms with Gasteiger partial charge in [0.15, 0.2) is 5.03 Å². The Hall–Kier alpha value is -2.51. The van der Waals surface area contributed by atoms with Gasteiger partial charge in [-0.3, -0.25) is 0 Å². The van der Waals surface area contributed by atoms with Crippen molar-refractivity contribution in [3.05, 3.63) is 30.6 Å². The van der Waals surface area contributed by atoms with Crippen molar-refractivity contribution in [2.24, 2.45) is 0 Å². The quantitative estimate of drug-likeness (QED) is 0.778. The number of sulfonamides is 1. The first kappa shape index (κ1) is 17.3. The summed E-state index contributed by atoms with van der Waals surface area (Å²) in [6.45, 7) is 4.40. The summed E-state index contributed by atoms with van der Waals surface area (Å²) in [7, 11) is -3.67. The van der Waals surface area contributed by atoms with E-state index in [0.717, 1.165) is 0 Å². The molecule has 2 aromatic heterocycles. The molecule has 9 nitrogen and oxygen atoms in total. The molecule has 0 aromatic carbocycles. The van der Waals surface area contributed by atoms with Crippen LogP contribution in [0.1, 0.15) is 32.0 Å². The van der Waals surface area contributed by atoms with Gasteiger partial charge in [0, 0.05) is 31.2 Å². The number of hydrogen-bond acceptors (Lipinski definition) is 7. The molecule has 25 heavy (non-hydrogen) atoms. The average molecular weight is 362 g/mol. The zero-order valence-corrected chi connectivity index (χ0v) is 14.7. The Morgan fingerprint density at radius 3 is 2.76 bits per heavy atom. The van der Waals surface area contributed by atoms with E-state index in [1.54, 1.807) is 4.57 Å². The molecular weight excluding hydrogens is 344 g/mol. The molecule has 2 aromatic rings. The molecule has 1 aliphatic rings. The van der Waals surface area contributed by atoms with Gasteiger partial charge in [0.25, 0.3) is 15.9 Å². The van der Waals surface area contributed by atoms with Crippen LogP contribution in [-0.4, -0.2) is 51.4 Å². The zero-order chi connectivity index (χ0) is 18.0. The summed E-state index contributed by atoms with van der Waals surface area (Å²) in [5.74, 6) is 0.123. The number of aromatic nitrogens is 4. The third-order valence-corrected chi connectivity index (χ3v) is 5.69. The molecule has 132 valence electrons. The van der Waals surface area contributed by atoms with E-state index in [4.69, 9.17) is 10.00 Å². The molecule has 0 saturated carbocycles. The van der Waals surface area contributed by atoms with E-state index >= 15 is 0 Å². The highest BCUT2D eigenvalue weighted by molar-refractivity contribution is 7.89. The summed E-state index contributed by atoms with van der Waals surface area (Å²) < 4.78 is 34.2. The molecule has 0 radical (unpaired) electrons. The lowest BCUT2D eigenvalue weighted by Crippen LogP contribution is -2.31. The number of rotatable bonds is 5. The van der Waals surface area contributed by atoms with E-state index < -0.39 is 10.0 Å². The fourth-order valence-corrected chi connectivity index (χ4v) is 3.93. The van der Waals surface area contributed by atoms with Crippen molar-refractivity contribution in [3.63, 3.8) is 0 Å². The largest absolute Gasteiger partial charge is 0.471 e. The number of hydrogen-bond donors (Lipinski definition) is 0. The molecule has 3 rings (SSSR count). The van der Waals surface area contributed by atoms with Crippen LogP contribution in [0.5, 0.6) is 5.88 Å². The minimum Gasteiger partial charge on any atom is -0.471 e. The third-order valence-electron chi connectivity index (χ3n) is 3.93. The van der Waals surface area contributed by atoms with Crippen molar-refractivity contribution in [1.29, 1.82) is 5.26 Å². The smallest absolute Gasteiger partial charge is 0.262 e. The van der Waals surface area contributed by atoms with Gasteiger partial charge in [0.05, 0.1) is 12.9 Å². The molecule has 1 fully saturated rings. The van der Waals surface area contributed by atoms with E-state index in [0.29, 0.717) is 13.0 Å². The second-order valence-corrected chi connectivity index (χ2v) is 7.85. The van der Waals surface area contributed by atoms with Crippen LogP contribution in [0.2, 0.25) is 0 Å². The zero-order valence-electron chi connectivity index (χ0n) is 13.9. The van der Waals surface area contributed by atoms with Crippen molar-refractivity contribution in [1.82, 2.24) is 23.8 Å². The van der Waals surface area contributed by atoms with Crippen molar-refractivity contribution < 1.29 is 13.2 Å². The van der Waals surface area contributed by atoms with Crippen molar-refractivity contribution in [3.8, 4) is 11.9 Å². The SMILES string of the molecule is CC(C)n1cnc(S(=O)(=O)N2CC[C@@H](Oc3nccnc3C#N)C2)c1. The first-order valence-electron chi connectivity index (χ1n) is 7.83. The molecule has 0 bridgehead atoms. The predicted octanol–water partition coefficient (Wildman–Crippen LogP) is 0.968. The van der Waals surface area contributed by atoms with Crippen LogP contribution in [0, 0.1) is 11.3 Å². The van der Waals surface area contributed by atoms with E-state index in [2.05, 4.69) is 15.0 Å². The standard InChI is InChI=1S/C15H18N6O3S/c1-11(2)20-9-14(19-10-20)25(22,23)21-6-3-12(8-21)24-15-13(7-16)17-4-5-18-15/h4-5,9-12H,3,6,8H2,1-2H3/t12-/m1/s1. The van der Waals surface area contributed by atoms with Gasteiger partial charge in [-0.05, 0) is 20.3 Å². The molecule has 1 aliphatic heterocycles. The Labute approximate surface area is 146 Å². The first-order valence-corrected chi connectivity index (χ1v) is 9.27. The van der Waals surface area contributed by atoms with Gasteiger partial charge in [-0.25, -0.2) is 23.4 Å². The van der Waals surface area contributed by atoms with Gasteiger partial charge in [-0.15, -0.1) is 0 Å². The second kappa shape index (κ2) is 6.78. The summed E-state index contributed by atoms with van der Waals surface area (Å²) in [6.07, 6.45) is 6.00. The lowest BCUT2D eigenvalue weighted by molar-refractivity contribution is 0.205. The fraction of sp³-hybridized carbons (Fsp3) is 0.467. The van der Waals surface area contributed by atoms with E-state index in [1.807, 2.05) is 19.9 Å². The molecule has 10 heteroatoms. The van der Waals surface area contributed by atoms with Crippen molar-refractivity contribution in [2.75, 3.05) is 13.1 Å². The normalized spacial score (nSPS) is 18.4. The minimum absolute atomic E-state index is 0.0269. The van der Waals surface area contributed by atoms with Gasteiger partial charge in [-0.1, -0.05) is 0 Å². The number of ether oxygens (including phenoxy) is 1. The molecule has 0 aliphatic carbocycles. The summed E-state index contributed by atoms with van der Waals surface area (Å²) in [6, 6.07) is 2.04. The van der Waals surface area contributed by atoms with Gasteiger partial charge in [-0.2, -0.15) is 9.57 Å². The Morgan fingerprint density at radius 1 is 1.32 bits per heavy atom. The van der Waals surface area contributed by atoms with Gasteiger partial charge < -0.3 is 9.30 Å². The topological polar surface area (TPSA) is 114 Å². The highest BCUT2D eigenvalue weighted by atomic mass is 32.2. The van der Waals surface area contributed by atoms with Crippen molar-refractivity contribution >= 4 is 10.0 Å². The highest BCUT2D eigenvalue weighted by Gasteiger charge is 2.35. The van der Waals surface area contributed by atoms with Crippen LogP contribution >= 0.6 is 0 Å². The van der Waals surface area contributed by atoms with Gasteiger partial charge in [0.2, 0.25) is 5.69 Å². The summed E-state index contributed by atoms with van der Waals surface area (Å²) >= 11 is 0. The van der Waals surface area contributed by atoms with Crippen LogP contribution in [0.3, 0.4) is 0 Å². The molecule has 1 saturated heterocycles. The maximum atomic E-state index is 12.7. The summed E-state index contributed by atoms with van der Waals surface area (Å²) in [5.41, 5.74) is 0.0829. The third kappa shape index (κ3) is 3.47. The molecular formula is C15H18N6O3S. The van der Waals surface area contributed by atoms with Crippen LogP contribution in [0.4, 0.5) is 0 Å². The second-order valence-electron chi connectivity index (χ2n) is 5.97. The predicted molar refractivity (Wildman–Crippen MR) is 87.2 cm³/mol. The van der Waals surface area contributed by atoms with E-state index in [9.17, 15) is 8.42 Å². The lowest BCUT2D eigenvalue weighted by atomic mass is 10.3. The average Bonchev–Trinajstić information content (AvgIpc) is 3.25. The van der Waals surface area contributed by atoms with Crippen LogP contribution in [0.25, 0.3) is 0 Å². The monoisotopic (exact) mass is 362 g/mol. The maximum absolute atomic E-state index is 12.7. The Kier molecular flexibility index (Phi) is 4.69.